The average molecular weight is 339 g/mol. The minimum atomic E-state index is -0.0126. The summed E-state index contributed by atoms with van der Waals surface area (Å²) < 4.78 is 5.87. The number of carbonyl (C=O) groups excluding carboxylic acids is 1. The molecule has 132 valence electrons. The molecule has 1 amide bonds. The fourth-order valence-corrected chi connectivity index (χ4v) is 3.09. The van der Waals surface area contributed by atoms with Crippen LogP contribution in [0.3, 0.4) is 0 Å². The number of ether oxygens (including phenoxy) is 1. The number of amides is 1. The molecule has 1 fully saturated rings. The van der Waals surface area contributed by atoms with E-state index in [1.807, 2.05) is 35.2 Å². The van der Waals surface area contributed by atoms with Gasteiger partial charge in [0, 0.05) is 25.3 Å². The van der Waals surface area contributed by atoms with Crippen molar-refractivity contribution in [1.29, 1.82) is 0 Å². The number of carbonyl (C=O) groups is 1. The Kier molecular flexibility index (Phi) is 5.66. The molecule has 1 aromatic heterocycles. The van der Waals surface area contributed by atoms with E-state index in [9.17, 15) is 4.79 Å². The lowest BCUT2D eigenvalue weighted by molar-refractivity contribution is 0.0663. The monoisotopic (exact) mass is 339 g/mol. The van der Waals surface area contributed by atoms with E-state index < -0.39 is 0 Å². The van der Waals surface area contributed by atoms with Crippen LogP contribution in [0.1, 0.15) is 30.6 Å². The number of nitrogens with zero attached hydrogens (tertiary/aromatic N) is 2. The molecular weight excluding hydrogens is 314 g/mol. The molecule has 0 saturated carbocycles. The first-order valence-corrected chi connectivity index (χ1v) is 8.84. The van der Waals surface area contributed by atoms with Crippen molar-refractivity contribution < 1.29 is 9.53 Å². The highest BCUT2D eigenvalue weighted by molar-refractivity contribution is 5.96. The molecule has 5 nitrogen and oxygen atoms in total. The molecule has 3 rings (SSSR count). The zero-order chi connectivity index (χ0) is 17.6. The third-order valence-corrected chi connectivity index (χ3v) is 4.26. The number of rotatable bonds is 6. The van der Waals surface area contributed by atoms with Crippen molar-refractivity contribution in [2.24, 2.45) is 5.92 Å². The number of aromatic nitrogens is 1. The molecule has 5 heteroatoms. The minimum Gasteiger partial charge on any atom is -0.438 e. The maximum Gasteiger partial charge on any atom is 0.259 e. The van der Waals surface area contributed by atoms with Crippen molar-refractivity contribution in [3.8, 4) is 11.6 Å². The molecule has 25 heavy (non-hydrogen) atoms. The Balaban J connectivity index is 1.87. The number of hydrogen-bond acceptors (Lipinski definition) is 4. The standard InChI is InChI=1S/C20H25N3O2/c1-15(2)14-23(16-10-12-21-13-16)20(24)18-9-6-11-22-19(18)25-17-7-4-3-5-8-17/h3-9,11,15-16,21H,10,12-14H2,1-2H3. The summed E-state index contributed by atoms with van der Waals surface area (Å²) in [5.41, 5.74) is 0.513. The van der Waals surface area contributed by atoms with Crippen LogP contribution in [0, 0.1) is 5.92 Å². The molecule has 1 aromatic carbocycles. The van der Waals surface area contributed by atoms with Crippen LogP contribution in [0.25, 0.3) is 0 Å². The highest BCUT2D eigenvalue weighted by Crippen LogP contribution is 2.25. The van der Waals surface area contributed by atoms with Crippen molar-refractivity contribution in [3.05, 3.63) is 54.2 Å². The van der Waals surface area contributed by atoms with Crippen LogP contribution in [0.5, 0.6) is 11.6 Å². The van der Waals surface area contributed by atoms with Gasteiger partial charge < -0.3 is 15.0 Å². The lowest BCUT2D eigenvalue weighted by Gasteiger charge is -2.30. The van der Waals surface area contributed by atoms with E-state index in [2.05, 4.69) is 24.1 Å². The summed E-state index contributed by atoms with van der Waals surface area (Å²) in [6, 6.07) is 13.2. The second kappa shape index (κ2) is 8.12. The van der Waals surface area contributed by atoms with Crippen molar-refractivity contribution in [1.82, 2.24) is 15.2 Å². The molecular formula is C20H25N3O2. The van der Waals surface area contributed by atoms with Crippen LogP contribution >= 0.6 is 0 Å². The largest absolute Gasteiger partial charge is 0.438 e. The van der Waals surface area contributed by atoms with Crippen LogP contribution in [-0.4, -0.2) is 41.5 Å². The first kappa shape index (κ1) is 17.4. The second-order valence-electron chi connectivity index (χ2n) is 6.77. The molecule has 1 atom stereocenters. The number of benzene rings is 1. The quantitative estimate of drug-likeness (QED) is 0.877. The van der Waals surface area contributed by atoms with Gasteiger partial charge in [-0.15, -0.1) is 0 Å². The number of hydrogen-bond donors (Lipinski definition) is 1. The SMILES string of the molecule is CC(C)CN(C(=O)c1cccnc1Oc1ccccc1)C1CCNC1. The lowest BCUT2D eigenvalue weighted by atomic mass is 10.1. The molecule has 0 spiro atoms. The Morgan fingerprint density at radius 1 is 1.28 bits per heavy atom. The smallest absolute Gasteiger partial charge is 0.259 e. The molecule has 0 aliphatic carbocycles. The van der Waals surface area contributed by atoms with E-state index in [0.717, 1.165) is 26.1 Å². The summed E-state index contributed by atoms with van der Waals surface area (Å²) in [4.78, 5) is 19.5. The van der Waals surface area contributed by atoms with E-state index in [4.69, 9.17) is 4.74 Å². The van der Waals surface area contributed by atoms with Crippen LogP contribution in [-0.2, 0) is 0 Å². The van der Waals surface area contributed by atoms with E-state index >= 15 is 0 Å². The van der Waals surface area contributed by atoms with Gasteiger partial charge in [-0.3, -0.25) is 4.79 Å². The summed E-state index contributed by atoms with van der Waals surface area (Å²) >= 11 is 0. The fourth-order valence-electron chi connectivity index (χ4n) is 3.09. The molecule has 1 unspecified atom stereocenters. The van der Waals surface area contributed by atoms with Crippen molar-refractivity contribution >= 4 is 5.91 Å². The first-order valence-electron chi connectivity index (χ1n) is 8.84. The van der Waals surface area contributed by atoms with Gasteiger partial charge in [-0.05, 0) is 43.1 Å². The molecule has 1 N–H and O–H groups in total. The maximum atomic E-state index is 13.3. The molecule has 1 aliphatic rings. The fraction of sp³-hybridized carbons (Fsp3) is 0.400. The average Bonchev–Trinajstić information content (AvgIpc) is 3.15. The Morgan fingerprint density at radius 2 is 2.08 bits per heavy atom. The Labute approximate surface area is 149 Å². The topological polar surface area (TPSA) is 54.5 Å². The Bertz CT molecular complexity index is 697. The van der Waals surface area contributed by atoms with Crippen molar-refractivity contribution in [2.45, 2.75) is 26.3 Å². The van der Waals surface area contributed by atoms with Crippen LogP contribution in [0.4, 0.5) is 0 Å². The normalized spacial score (nSPS) is 16.8. The highest BCUT2D eigenvalue weighted by atomic mass is 16.5. The highest BCUT2D eigenvalue weighted by Gasteiger charge is 2.29. The minimum absolute atomic E-state index is 0.0126. The summed E-state index contributed by atoms with van der Waals surface area (Å²) in [6.07, 6.45) is 2.63. The van der Waals surface area contributed by atoms with Gasteiger partial charge in [0.25, 0.3) is 5.91 Å². The number of para-hydroxylation sites is 1. The van der Waals surface area contributed by atoms with Gasteiger partial charge in [0.15, 0.2) is 0 Å². The third kappa shape index (κ3) is 4.37. The van der Waals surface area contributed by atoms with Gasteiger partial charge in [-0.2, -0.15) is 0 Å². The van der Waals surface area contributed by atoms with E-state index in [1.54, 1.807) is 18.3 Å². The van der Waals surface area contributed by atoms with Gasteiger partial charge in [0.1, 0.15) is 11.3 Å². The van der Waals surface area contributed by atoms with Gasteiger partial charge in [0.05, 0.1) is 0 Å². The van der Waals surface area contributed by atoms with Gasteiger partial charge in [0.2, 0.25) is 5.88 Å². The Morgan fingerprint density at radius 3 is 2.76 bits per heavy atom. The van der Waals surface area contributed by atoms with Crippen LogP contribution in [0.2, 0.25) is 0 Å². The molecule has 0 radical (unpaired) electrons. The number of nitrogens with one attached hydrogen (secondary N) is 1. The van der Waals surface area contributed by atoms with E-state index in [1.165, 1.54) is 0 Å². The van der Waals surface area contributed by atoms with Crippen molar-refractivity contribution in [2.75, 3.05) is 19.6 Å². The van der Waals surface area contributed by atoms with Gasteiger partial charge in [-0.1, -0.05) is 32.0 Å². The summed E-state index contributed by atoms with van der Waals surface area (Å²) in [6.45, 7) is 6.78. The lowest BCUT2D eigenvalue weighted by Crippen LogP contribution is -2.43. The van der Waals surface area contributed by atoms with Crippen LogP contribution in [0.15, 0.2) is 48.7 Å². The summed E-state index contributed by atoms with van der Waals surface area (Å²) in [7, 11) is 0. The second-order valence-corrected chi connectivity index (χ2v) is 6.77. The molecule has 1 aliphatic heterocycles. The zero-order valence-corrected chi connectivity index (χ0v) is 14.8. The first-order chi connectivity index (χ1) is 12.1. The predicted octanol–water partition coefficient (Wildman–Crippen LogP) is 3.33. The molecule has 1 saturated heterocycles. The van der Waals surface area contributed by atoms with Crippen LogP contribution < -0.4 is 10.1 Å². The third-order valence-electron chi connectivity index (χ3n) is 4.26. The predicted molar refractivity (Wildman–Crippen MR) is 97.9 cm³/mol. The van der Waals surface area contributed by atoms with Gasteiger partial charge in [-0.25, -0.2) is 4.98 Å². The van der Waals surface area contributed by atoms with E-state index in [-0.39, 0.29) is 11.9 Å². The Hall–Kier alpha value is -2.40. The molecule has 2 aromatic rings. The number of pyridine rings is 1. The van der Waals surface area contributed by atoms with Crippen molar-refractivity contribution in [3.63, 3.8) is 0 Å². The van der Waals surface area contributed by atoms with Gasteiger partial charge >= 0.3 is 0 Å². The van der Waals surface area contributed by atoms with E-state index in [0.29, 0.717) is 23.1 Å². The molecule has 2 heterocycles. The zero-order valence-electron chi connectivity index (χ0n) is 14.8. The summed E-state index contributed by atoms with van der Waals surface area (Å²) in [5.74, 6) is 1.42. The molecule has 0 bridgehead atoms. The summed E-state index contributed by atoms with van der Waals surface area (Å²) in [5, 5.41) is 3.35. The maximum absolute atomic E-state index is 13.3.